The van der Waals surface area contributed by atoms with Gasteiger partial charge < -0.3 is 21.3 Å². The monoisotopic (exact) mass is 182 g/mol. The van der Waals surface area contributed by atoms with Crippen LogP contribution < -0.4 is 11.5 Å². The molecule has 0 aliphatic rings. The lowest BCUT2D eigenvalue weighted by atomic mass is 10.1. The fraction of sp³-hybridized carbons (Fsp3) is 0.125. The number of phenols is 1. The lowest BCUT2D eigenvalue weighted by molar-refractivity contribution is 0.0597. The maximum atomic E-state index is 11.0. The number of nitrogens with two attached hydrogens (primary N) is 2. The molecule has 13 heavy (non-hydrogen) atoms. The number of methoxy groups -OCH3 is 1. The summed E-state index contributed by atoms with van der Waals surface area (Å²) in [5, 5.41) is 9.37. The Kier molecular flexibility index (Phi) is 2.27. The van der Waals surface area contributed by atoms with Crippen LogP contribution in [0.15, 0.2) is 12.1 Å². The molecule has 0 aliphatic heterocycles. The zero-order chi connectivity index (χ0) is 10.0. The number of carbonyl (C=O) groups is 1. The zero-order valence-corrected chi connectivity index (χ0v) is 7.07. The van der Waals surface area contributed by atoms with Crippen molar-refractivity contribution in [3.63, 3.8) is 0 Å². The molecule has 0 saturated carbocycles. The Hall–Kier alpha value is -1.91. The average molecular weight is 182 g/mol. The highest BCUT2D eigenvalue weighted by Gasteiger charge is 2.14. The summed E-state index contributed by atoms with van der Waals surface area (Å²) in [7, 11) is 1.22. The first-order valence-corrected chi connectivity index (χ1v) is 3.53. The van der Waals surface area contributed by atoms with Gasteiger partial charge in [0.05, 0.1) is 18.5 Å². The van der Waals surface area contributed by atoms with Crippen LogP contribution in [0.1, 0.15) is 10.4 Å². The molecule has 70 valence electrons. The average Bonchev–Trinajstić information content (AvgIpc) is 2.13. The van der Waals surface area contributed by atoms with Crippen LogP contribution in [0.4, 0.5) is 11.4 Å². The number of hydrogen-bond acceptors (Lipinski definition) is 5. The van der Waals surface area contributed by atoms with Crippen LogP contribution in [-0.4, -0.2) is 18.2 Å². The standard InChI is InChI=1S/C8H10N2O3/c1-13-8(12)4-2-3-5(9)6(10)7(4)11/h2-3,11H,9-10H2,1H3. The van der Waals surface area contributed by atoms with Gasteiger partial charge in [0.1, 0.15) is 5.56 Å². The smallest absolute Gasteiger partial charge is 0.341 e. The van der Waals surface area contributed by atoms with Crippen molar-refractivity contribution < 1.29 is 14.6 Å². The van der Waals surface area contributed by atoms with Crippen molar-refractivity contribution in [1.29, 1.82) is 0 Å². The van der Waals surface area contributed by atoms with Gasteiger partial charge in [-0.1, -0.05) is 0 Å². The third-order valence-electron chi connectivity index (χ3n) is 1.66. The number of nitrogen functional groups attached to an aromatic ring is 2. The molecule has 0 saturated heterocycles. The lowest BCUT2D eigenvalue weighted by Gasteiger charge is -2.06. The van der Waals surface area contributed by atoms with Gasteiger partial charge in [-0.15, -0.1) is 0 Å². The van der Waals surface area contributed by atoms with E-state index in [-0.39, 0.29) is 22.7 Å². The Morgan fingerprint density at radius 3 is 2.62 bits per heavy atom. The summed E-state index contributed by atoms with van der Waals surface area (Å²) in [4.78, 5) is 11.0. The lowest BCUT2D eigenvalue weighted by Crippen LogP contribution is -2.04. The second-order valence-corrected chi connectivity index (χ2v) is 2.46. The zero-order valence-electron chi connectivity index (χ0n) is 7.07. The molecule has 1 aromatic carbocycles. The molecule has 1 aromatic rings. The van der Waals surface area contributed by atoms with E-state index in [1.165, 1.54) is 19.2 Å². The van der Waals surface area contributed by atoms with Crippen molar-refractivity contribution in [2.75, 3.05) is 18.6 Å². The van der Waals surface area contributed by atoms with E-state index in [2.05, 4.69) is 4.74 Å². The number of phenolic OH excluding ortho intramolecular Hbond substituents is 1. The van der Waals surface area contributed by atoms with Gasteiger partial charge in [0.15, 0.2) is 5.75 Å². The highest BCUT2D eigenvalue weighted by Crippen LogP contribution is 2.30. The molecule has 5 N–H and O–H groups in total. The highest BCUT2D eigenvalue weighted by molar-refractivity contribution is 5.96. The number of aromatic hydroxyl groups is 1. The molecule has 0 radical (unpaired) electrons. The molecule has 0 bridgehead atoms. The van der Waals surface area contributed by atoms with E-state index in [0.717, 1.165) is 0 Å². The maximum absolute atomic E-state index is 11.0. The number of carbonyl (C=O) groups excluding carboxylic acids is 1. The summed E-state index contributed by atoms with van der Waals surface area (Å²) in [5.74, 6) is -0.990. The summed E-state index contributed by atoms with van der Waals surface area (Å²) >= 11 is 0. The highest BCUT2D eigenvalue weighted by atomic mass is 16.5. The van der Waals surface area contributed by atoms with Gasteiger partial charge in [-0.2, -0.15) is 0 Å². The van der Waals surface area contributed by atoms with E-state index in [1.54, 1.807) is 0 Å². The first kappa shape index (κ1) is 9.18. The summed E-state index contributed by atoms with van der Waals surface area (Å²) in [6.07, 6.45) is 0. The third kappa shape index (κ3) is 1.48. The molecule has 1 rings (SSSR count). The van der Waals surface area contributed by atoms with Gasteiger partial charge in [0.2, 0.25) is 0 Å². The quantitative estimate of drug-likeness (QED) is 0.330. The summed E-state index contributed by atoms with van der Waals surface area (Å²) in [5.41, 5.74) is 11.0. The predicted octanol–water partition coefficient (Wildman–Crippen LogP) is 0.343. The first-order chi connectivity index (χ1) is 6.07. The number of ether oxygens (including phenoxy) is 1. The Morgan fingerprint density at radius 2 is 2.08 bits per heavy atom. The Morgan fingerprint density at radius 1 is 1.46 bits per heavy atom. The Bertz CT molecular complexity index is 349. The molecule has 0 spiro atoms. The van der Waals surface area contributed by atoms with E-state index in [0.29, 0.717) is 0 Å². The van der Waals surface area contributed by atoms with E-state index in [1.807, 2.05) is 0 Å². The minimum Gasteiger partial charge on any atom is -0.505 e. The van der Waals surface area contributed by atoms with Gasteiger partial charge >= 0.3 is 5.97 Å². The molecule has 0 amide bonds. The molecule has 0 aromatic heterocycles. The van der Waals surface area contributed by atoms with Gasteiger partial charge in [0.25, 0.3) is 0 Å². The minimum absolute atomic E-state index is 0.00852. The molecule has 0 fully saturated rings. The van der Waals surface area contributed by atoms with Crippen LogP contribution in [0.5, 0.6) is 5.75 Å². The molecule has 0 heterocycles. The number of anilines is 2. The Balaban J connectivity index is 3.26. The molecular weight excluding hydrogens is 172 g/mol. The van der Waals surface area contributed by atoms with Crippen molar-refractivity contribution >= 4 is 17.3 Å². The normalized spacial score (nSPS) is 9.62. The third-order valence-corrected chi connectivity index (χ3v) is 1.66. The minimum atomic E-state index is -0.649. The first-order valence-electron chi connectivity index (χ1n) is 3.53. The molecule has 0 aliphatic carbocycles. The van der Waals surface area contributed by atoms with Crippen LogP contribution in [0.2, 0.25) is 0 Å². The van der Waals surface area contributed by atoms with Crippen LogP contribution in [0.3, 0.4) is 0 Å². The second kappa shape index (κ2) is 3.22. The van der Waals surface area contributed by atoms with Gasteiger partial charge in [-0.05, 0) is 12.1 Å². The fourth-order valence-electron chi connectivity index (χ4n) is 0.898. The van der Waals surface area contributed by atoms with E-state index >= 15 is 0 Å². The predicted molar refractivity (Wildman–Crippen MR) is 48.3 cm³/mol. The van der Waals surface area contributed by atoms with Crippen molar-refractivity contribution in [3.8, 4) is 5.75 Å². The topological polar surface area (TPSA) is 98.6 Å². The second-order valence-electron chi connectivity index (χ2n) is 2.46. The van der Waals surface area contributed by atoms with Crippen molar-refractivity contribution in [2.24, 2.45) is 0 Å². The summed E-state index contributed by atoms with van der Waals surface area (Å²) in [6, 6.07) is 2.79. The van der Waals surface area contributed by atoms with Crippen molar-refractivity contribution in [3.05, 3.63) is 17.7 Å². The van der Waals surface area contributed by atoms with Gasteiger partial charge in [0, 0.05) is 0 Å². The molecule has 5 heteroatoms. The van der Waals surface area contributed by atoms with E-state index < -0.39 is 5.97 Å². The van der Waals surface area contributed by atoms with Crippen LogP contribution in [0, 0.1) is 0 Å². The van der Waals surface area contributed by atoms with E-state index in [4.69, 9.17) is 11.5 Å². The SMILES string of the molecule is COC(=O)c1ccc(N)c(N)c1O. The molecular formula is C8H10N2O3. The molecule has 0 unspecified atom stereocenters. The summed E-state index contributed by atoms with van der Waals surface area (Å²) < 4.78 is 4.42. The van der Waals surface area contributed by atoms with Gasteiger partial charge in [-0.25, -0.2) is 4.79 Å². The van der Waals surface area contributed by atoms with Crippen LogP contribution >= 0.6 is 0 Å². The largest absolute Gasteiger partial charge is 0.505 e. The fourth-order valence-corrected chi connectivity index (χ4v) is 0.898. The van der Waals surface area contributed by atoms with Crippen LogP contribution in [-0.2, 0) is 4.74 Å². The number of benzene rings is 1. The molecule has 0 atom stereocenters. The summed E-state index contributed by atoms with van der Waals surface area (Å²) in [6.45, 7) is 0. The number of hydrogen-bond donors (Lipinski definition) is 3. The van der Waals surface area contributed by atoms with Crippen molar-refractivity contribution in [2.45, 2.75) is 0 Å². The maximum Gasteiger partial charge on any atom is 0.341 e. The van der Waals surface area contributed by atoms with Crippen molar-refractivity contribution in [1.82, 2.24) is 0 Å². The van der Waals surface area contributed by atoms with Crippen LogP contribution in [0.25, 0.3) is 0 Å². The van der Waals surface area contributed by atoms with E-state index in [9.17, 15) is 9.90 Å². The number of rotatable bonds is 1. The Labute approximate surface area is 74.9 Å². The van der Waals surface area contributed by atoms with Gasteiger partial charge in [-0.3, -0.25) is 0 Å². The number of esters is 1. The molecule has 5 nitrogen and oxygen atoms in total.